The van der Waals surface area contributed by atoms with Crippen LogP contribution in [0.15, 0.2) is 9.72 Å². The summed E-state index contributed by atoms with van der Waals surface area (Å²) in [6, 6.07) is 0. The van der Waals surface area contributed by atoms with Crippen molar-refractivity contribution in [1.82, 2.24) is 14.6 Å². The van der Waals surface area contributed by atoms with Crippen LogP contribution < -0.4 is 5.32 Å². The minimum absolute atomic E-state index is 0.0147. The van der Waals surface area contributed by atoms with E-state index in [2.05, 4.69) is 10.3 Å². The van der Waals surface area contributed by atoms with Crippen molar-refractivity contribution >= 4 is 35.2 Å². The first kappa shape index (κ1) is 18.2. The summed E-state index contributed by atoms with van der Waals surface area (Å²) in [7, 11) is 0. The molecule has 0 saturated carbocycles. The molecule has 128 valence electrons. The van der Waals surface area contributed by atoms with E-state index in [-0.39, 0.29) is 24.4 Å². The number of carbonyl (C=O) groups excluding carboxylic acids is 2. The molecule has 2 rings (SSSR count). The third-order valence-corrected chi connectivity index (χ3v) is 5.14. The quantitative estimate of drug-likeness (QED) is 0.576. The van der Waals surface area contributed by atoms with Gasteiger partial charge in [-0.2, -0.15) is 0 Å². The summed E-state index contributed by atoms with van der Waals surface area (Å²) in [4.78, 5) is 27.7. The monoisotopic (exact) mass is 359 g/mol. The van der Waals surface area contributed by atoms with Crippen LogP contribution in [0.5, 0.6) is 0 Å². The Bertz CT molecular complexity index is 532. The Morgan fingerprint density at radius 3 is 3.09 bits per heavy atom. The van der Waals surface area contributed by atoms with E-state index < -0.39 is 0 Å². The summed E-state index contributed by atoms with van der Waals surface area (Å²) < 4.78 is 12.9. The number of rotatable bonds is 7. The molecular formula is C14H21N3O4S2. The van der Waals surface area contributed by atoms with Crippen LogP contribution in [0, 0.1) is 0 Å². The van der Waals surface area contributed by atoms with Gasteiger partial charge in [0.25, 0.3) is 0 Å². The molecule has 9 heteroatoms. The third kappa shape index (κ3) is 6.09. The fourth-order valence-electron chi connectivity index (χ4n) is 2.02. The van der Waals surface area contributed by atoms with E-state index in [9.17, 15) is 9.59 Å². The summed E-state index contributed by atoms with van der Waals surface area (Å²) in [6.07, 6.45) is 0.139. The number of carbonyl (C=O) groups is 2. The topological polar surface area (TPSA) is 80.8 Å². The predicted molar refractivity (Wildman–Crippen MR) is 88.3 cm³/mol. The van der Waals surface area contributed by atoms with Crippen molar-refractivity contribution in [2.24, 2.45) is 0 Å². The van der Waals surface area contributed by atoms with Crippen LogP contribution in [0.25, 0.3) is 0 Å². The second-order valence-corrected chi connectivity index (χ2v) is 7.08. The molecule has 0 aliphatic carbocycles. The van der Waals surface area contributed by atoms with E-state index in [0.29, 0.717) is 25.5 Å². The van der Waals surface area contributed by atoms with E-state index in [1.807, 2.05) is 5.38 Å². The zero-order valence-corrected chi connectivity index (χ0v) is 14.9. The molecule has 1 aliphatic heterocycles. The molecule has 7 nitrogen and oxygen atoms in total. The summed E-state index contributed by atoms with van der Waals surface area (Å²) in [6.45, 7) is 6.38. The minimum atomic E-state index is -0.292. The maximum Gasteiger partial charge on any atom is 0.311 e. The lowest BCUT2D eigenvalue weighted by molar-refractivity contribution is -0.142. The SMILES string of the molecule is CCOC(=O)Cc1csc(SN(C[C@@H]2CNCCO2)C(C)=O)n1. The molecule has 0 unspecified atom stereocenters. The Kier molecular flexibility index (Phi) is 7.28. The highest BCUT2D eigenvalue weighted by molar-refractivity contribution is 7.99. The first-order valence-corrected chi connectivity index (χ1v) is 9.12. The summed E-state index contributed by atoms with van der Waals surface area (Å²) in [5, 5.41) is 5.06. The molecule has 0 aromatic carbocycles. The largest absolute Gasteiger partial charge is 0.466 e. The van der Waals surface area contributed by atoms with Crippen LogP contribution >= 0.6 is 23.3 Å². The van der Waals surface area contributed by atoms with E-state index in [1.165, 1.54) is 30.2 Å². The van der Waals surface area contributed by atoms with Gasteiger partial charge in [-0.15, -0.1) is 11.3 Å². The molecule has 0 radical (unpaired) electrons. The van der Waals surface area contributed by atoms with Crippen LogP contribution in [0.2, 0.25) is 0 Å². The molecule has 1 aromatic rings. The Hall–Kier alpha value is -1.16. The Balaban J connectivity index is 1.90. The van der Waals surface area contributed by atoms with E-state index in [0.717, 1.165) is 17.4 Å². The van der Waals surface area contributed by atoms with Crippen LogP contribution in [0.3, 0.4) is 0 Å². The van der Waals surface area contributed by atoms with Crippen molar-refractivity contribution in [2.45, 2.75) is 30.7 Å². The summed E-state index contributed by atoms with van der Waals surface area (Å²) >= 11 is 2.69. The van der Waals surface area contributed by atoms with Crippen LogP contribution in [0.4, 0.5) is 0 Å². The average Bonchev–Trinajstić information content (AvgIpc) is 2.95. The lowest BCUT2D eigenvalue weighted by Crippen LogP contribution is -2.44. The zero-order valence-electron chi connectivity index (χ0n) is 13.2. The van der Waals surface area contributed by atoms with Gasteiger partial charge in [-0.25, -0.2) is 4.98 Å². The van der Waals surface area contributed by atoms with Gasteiger partial charge in [-0.1, -0.05) is 0 Å². The second-order valence-electron chi connectivity index (χ2n) is 4.95. The lowest BCUT2D eigenvalue weighted by Gasteiger charge is -2.28. The lowest BCUT2D eigenvalue weighted by atomic mass is 10.3. The molecule has 1 atom stereocenters. The molecule has 1 fully saturated rings. The average molecular weight is 359 g/mol. The fraction of sp³-hybridized carbons (Fsp3) is 0.643. The molecule has 1 aliphatic rings. The van der Waals surface area contributed by atoms with Crippen molar-refractivity contribution in [3.05, 3.63) is 11.1 Å². The van der Waals surface area contributed by atoms with E-state index in [4.69, 9.17) is 9.47 Å². The maximum absolute atomic E-state index is 11.8. The number of esters is 1. The Labute approximate surface area is 143 Å². The predicted octanol–water partition coefficient (Wildman–Crippen LogP) is 1.09. The molecule has 1 N–H and O–H groups in total. The molecule has 1 amide bonds. The highest BCUT2D eigenvalue weighted by atomic mass is 32.2. The fourth-order valence-corrected chi connectivity index (χ4v) is 3.86. The molecule has 23 heavy (non-hydrogen) atoms. The Morgan fingerprint density at radius 2 is 2.43 bits per heavy atom. The first-order chi connectivity index (χ1) is 11.1. The number of morpholine rings is 1. The molecular weight excluding hydrogens is 338 g/mol. The van der Waals surface area contributed by atoms with Gasteiger partial charge in [0.15, 0.2) is 4.34 Å². The minimum Gasteiger partial charge on any atom is -0.466 e. The van der Waals surface area contributed by atoms with Crippen LogP contribution in [-0.4, -0.2) is 60.1 Å². The smallest absolute Gasteiger partial charge is 0.311 e. The standard InChI is InChI=1S/C14H21N3O4S2/c1-3-20-13(19)6-11-9-22-14(16-11)23-17(10(2)18)8-12-7-15-4-5-21-12/h9,12,15H,3-8H2,1-2H3/t12-/m0/s1. The van der Waals surface area contributed by atoms with Gasteiger partial charge in [0.1, 0.15) is 0 Å². The van der Waals surface area contributed by atoms with Gasteiger partial charge < -0.3 is 14.8 Å². The number of hydrogen-bond acceptors (Lipinski definition) is 8. The summed E-state index contributed by atoms with van der Waals surface area (Å²) in [5.74, 6) is -0.342. The van der Waals surface area contributed by atoms with Crippen molar-refractivity contribution in [1.29, 1.82) is 0 Å². The van der Waals surface area contributed by atoms with Gasteiger partial charge in [0.2, 0.25) is 5.91 Å². The zero-order chi connectivity index (χ0) is 16.7. The molecule has 0 spiro atoms. The molecule has 1 aromatic heterocycles. The van der Waals surface area contributed by atoms with E-state index >= 15 is 0 Å². The molecule has 1 saturated heterocycles. The van der Waals surface area contributed by atoms with Crippen molar-refractivity contribution < 1.29 is 19.1 Å². The Morgan fingerprint density at radius 1 is 1.61 bits per heavy atom. The van der Waals surface area contributed by atoms with Gasteiger partial charge >= 0.3 is 5.97 Å². The number of hydrogen-bond donors (Lipinski definition) is 1. The van der Waals surface area contributed by atoms with Crippen molar-refractivity contribution in [3.63, 3.8) is 0 Å². The van der Waals surface area contributed by atoms with Gasteiger partial charge in [-0.05, 0) is 6.92 Å². The number of ether oxygens (including phenoxy) is 2. The number of nitrogens with zero attached hydrogens (tertiary/aromatic N) is 2. The van der Waals surface area contributed by atoms with Gasteiger partial charge in [0, 0.05) is 37.3 Å². The summed E-state index contributed by atoms with van der Waals surface area (Å²) in [5.41, 5.74) is 0.662. The number of amides is 1. The van der Waals surface area contributed by atoms with Crippen molar-refractivity contribution in [2.75, 3.05) is 32.8 Å². The third-order valence-electron chi connectivity index (χ3n) is 3.07. The van der Waals surface area contributed by atoms with Gasteiger partial charge in [0.05, 0.1) is 38.0 Å². The second kappa shape index (κ2) is 9.21. The normalized spacial score (nSPS) is 17.7. The van der Waals surface area contributed by atoms with Crippen LogP contribution in [0.1, 0.15) is 19.5 Å². The highest BCUT2D eigenvalue weighted by Gasteiger charge is 2.21. The number of aromatic nitrogens is 1. The number of nitrogens with one attached hydrogen (secondary N) is 1. The molecule has 2 heterocycles. The van der Waals surface area contributed by atoms with Crippen molar-refractivity contribution in [3.8, 4) is 0 Å². The first-order valence-electron chi connectivity index (χ1n) is 7.47. The molecule has 0 bridgehead atoms. The highest BCUT2D eigenvalue weighted by Crippen LogP contribution is 2.27. The number of thiazole rings is 1. The van der Waals surface area contributed by atoms with Gasteiger partial charge in [-0.3, -0.25) is 13.9 Å². The maximum atomic E-state index is 11.8. The van der Waals surface area contributed by atoms with Crippen LogP contribution in [-0.2, 0) is 25.5 Å². The van der Waals surface area contributed by atoms with E-state index in [1.54, 1.807) is 11.2 Å².